The highest BCUT2D eigenvalue weighted by Crippen LogP contribution is 2.12. The summed E-state index contributed by atoms with van der Waals surface area (Å²) in [7, 11) is -3.83. The van der Waals surface area contributed by atoms with Crippen LogP contribution in [-0.2, 0) is 18.8 Å². The van der Waals surface area contributed by atoms with Crippen molar-refractivity contribution in [1.82, 2.24) is 0 Å². The Kier molecular flexibility index (Phi) is 15.2. The fourth-order valence-corrected chi connectivity index (χ4v) is 2.92. The Morgan fingerprint density at radius 1 is 0.773 bits per heavy atom. The molecule has 0 spiro atoms. The zero-order chi connectivity index (χ0) is 16.5. The Morgan fingerprint density at radius 2 is 1.23 bits per heavy atom. The Labute approximate surface area is 137 Å². The predicted octanol–water partition coefficient (Wildman–Crippen LogP) is 5.15. The highest BCUT2D eigenvalue weighted by molar-refractivity contribution is 7.81. The molecule has 0 aliphatic carbocycles. The summed E-state index contributed by atoms with van der Waals surface area (Å²) in [6, 6.07) is 0. The molecule has 0 unspecified atom stereocenters. The van der Waals surface area contributed by atoms with Crippen molar-refractivity contribution in [2.45, 2.75) is 84.0 Å². The van der Waals surface area contributed by atoms with Gasteiger partial charge in [0.05, 0.1) is 13.2 Å². The fourth-order valence-electron chi connectivity index (χ4n) is 2.27. The van der Waals surface area contributed by atoms with E-state index in [0.717, 1.165) is 19.3 Å². The minimum Gasteiger partial charge on any atom is -0.248 e. The molecular weight excluding hydrogens is 300 g/mol. The minimum absolute atomic E-state index is 0.0409. The van der Waals surface area contributed by atoms with Crippen LogP contribution < -0.4 is 0 Å². The van der Waals surface area contributed by atoms with E-state index in [2.05, 4.69) is 17.7 Å². The van der Waals surface area contributed by atoms with Crippen LogP contribution in [0.5, 0.6) is 0 Å². The molecule has 0 aromatic carbocycles. The van der Waals surface area contributed by atoms with E-state index in [0.29, 0.717) is 0 Å². The summed E-state index contributed by atoms with van der Waals surface area (Å²) < 4.78 is 31.6. The van der Waals surface area contributed by atoms with E-state index in [1.165, 1.54) is 63.9 Å². The van der Waals surface area contributed by atoms with E-state index >= 15 is 0 Å². The van der Waals surface area contributed by atoms with Gasteiger partial charge in [0, 0.05) is 0 Å². The molecule has 0 heterocycles. The van der Waals surface area contributed by atoms with Crippen molar-refractivity contribution in [3.63, 3.8) is 0 Å². The summed E-state index contributed by atoms with van der Waals surface area (Å²) in [6.45, 7) is 5.80. The first-order valence-electron chi connectivity index (χ1n) is 8.77. The van der Waals surface area contributed by atoms with Crippen molar-refractivity contribution in [3.8, 4) is 0 Å². The third kappa shape index (κ3) is 16.0. The van der Waals surface area contributed by atoms with Gasteiger partial charge in [-0.1, -0.05) is 83.6 Å². The zero-order valence-corrected chi connectivity index (χ0v) is 15.0. The van der Waals surface area contributed by atoms with Gasteiger partial charge in [0.2, 0.25) is 0 Å². The van der Waals surface area contributed by atoms with E-state index in [4.69, 9.17) is 4.18 Å². The van der Waals surface area contributed by atoms with Crippen LogP contribution in [0.4, 0.5) is 0 Å². The second kappa shape index (κ2) is 15.5. The molecule has 0 aromatic rings. The number of hydrogen-bond donors (Lipinski definition) is 0. The second-order valence-electron chi connectivity index (χ2n) is 5.69. The summed E-state index contributed by atoms with van der Waals surface area (Å²) in [6.07, 6.45) is 16.3. The summed E-state index contributed by atoms with van der Waals surface area (Å²) in [4.78, 5) is 0. The quantitative estimate of drug-likeness (QED) is 0.272. The fraction of sp³-hybridized carbons (Fsp3) is 0.882. The summed E-state index contributed by atoms with van der Waals surface area (Å²) in [5, 5.41) is 0. The normalized spacial score (nSPS) is 11.7. The van der Waals surface area contributed by atoms with E-state index in [1.54, 1.807) is 0 Å². The molecule has 0 fully saturated rings. The van der Waals surface area contributed by atoms with Crippen LogP contribution in [-0.4, -0.2) is 21.6 Å². The third-order valence-electron chi connectivity index (χ3n) is 3.56. The topological polar surface area (TPSA) is 52.6 Å². The molecule has 0 aromatic heterocycles. The molecule has 0 saturated heterocycles. The minimum atomic E-state index is -3.83. The Morgan fingerprint density at radius 3 is 1.68 bits per heavy atom. The molecule has 0 radical (unpaired) electrons. The van der Waals surface area contributed by atoms with Gasteiger partial charge in [-0.3, -0.25) is 0 Å². The van der Waals surface area contributed by atoms with Gasteiger partial charge in [-0.2, -0.15) is 8.42 Å². The average Bonchev–Trinajstić information content (AvgIpc) is 2.50. The third-order valence-corrected chi connectivity index (χ3v) is 4.44. The lowest BCUT2D eigenvalue weighted by molar-refractivity contribution is 0.225. The van der Waals surface area contributed by atoms with Crippen LogP contribution in [0.15, 0.2) is 12.7 Å². The highest BCUT2D eigenvalue weighted by Gasteiger charge is 2.09. The van der Waals surface area contributed by atoms with Crippen LogP contribution in [0.2, 0.25) is 0 Å². The maximum absolute atomic E-state index is 11.2. The maximum atomic E-state index is 11.2. The summed E-state index contributed by atoms with van der Waals surface area (Å²) in [5.41, 5.74) is 0. The molecule has 0 bridgehead atoms. The molecule has 0 aliphatic rings. The van der Waals surface area contributed by atoms with Crippen molar-refractivity contribution in [1.29, 1.82) is 0 Å². The van der Waals surface area contributed by atoms with Gasteiger partial charge < -0.3 is 0 Å². The number of rotatable bonds is 17. The van der Waals surface area contributed by atoms with Gasteiger partial charge in [0.15, 0.2) is 0 Å². The molecule has 0 atom stereocenters. The molecule has 0 N–H and O–H groups in total. The standard InChI is InChI=1S/C17H34O4S/c1-3-5-6-7-8-9-10-11-12-13-14-15-17-21-22(18,19)20-16-4-2/h4H,2-3,5-17H2,1H3. The zero-order valence-electron chi connectivity index (χ0n) is 14.2. The molecule has 4 nitrogen and oxygen atoms in total. The molecule has 5 heteroatoms. The first kappa shape index (κ1) is 21.6. The lowest BCUT2D eigenvalue weighted by atomic mass is 10.1. The average molecular weight is 335 g/mol. The van der Waals surface area contributed by atoms with E-state index in [9.17, 15) is 8.42 Å². The van der Waals surface area contributed by atoms with E-state index in [1.807, 2.05) is 0 Å². The van der Waals surface area contributed by atoms with Crippen molar-refractivity contribution < 1.29 is 16.8 Å². The van der Waals surface area contributed by atoms with Crippen LogP contribution in [0.3, 0.4) is 0 Å². The SMILES string of the molecule is C=CCOS(=O)(=O)OCCCCCCCCCCCCCC. The first-order valence-corrected chi connectivity index (χ1v) is 10.1. The molecule has 22 heavy (non-hydrogen) atoms. The second-order valence-corrected chi connectivity index (χ2v) is 6.98. The largest absolute Gasteiger partial charge is 0.400 e. The van der Waals surface area contributed by atoms with E-state index in [-0.39, 0.29) is 13.2 Å². The Balaban J connectivity index is 3.22. The lowest BCUT2D eigenvalue weighted by Crippen LogP contribution is -2.11. The van der Waals surface area contributed by atoms with Crippen molar-refractivity contribution in [2.75, 3.05) is 13.2 Å². The molecular formula is C17H34O4S. The van der Waals surface area contributed by atoms with Gasteiger partial charge >= 0.3 is 10.4 Å². The molecule has 132 valence electrons. The Bertz CT molecular complexity index is 339. The molecule has 0 rings (SSSR count). The van der Waals surface area contributed by atoms with Gasteiger partial charge in [0.25, 0.3) is 0 Å². The predicted molar refractivity (Wildman–Crippen MR) is 92.1 cm³/mol. The van der Waals surface area contributed by atoms with Crippen molar-refractivity contribution in [2.24, 2.45) is 0 Å². The van der Waals surface area contributed by atoms with Crippen molar-refractivity contribution >= 4 is 10.4 Å². The lowest BCUT2D eigenvalue weighted by Gasteiger charge is -2.05. The van der Waals surface area contributed by atoms with Gasteiger partial charge in [-0.15, -0.1) is 6.58 Å². The smallest absolute Gasteiger partial charge is 0.248 e. The van der Waals surface area contributed by atoms with Gasteiger partial charge in [-0.05, 0) is 6.42 Å². The van der Waals surface area contributed by atoms with Gasteiger partial charge in [0.1, 0.15) is 0 Å². The van der Waals surface area contributed by atoms with Gasteiger partial charge in [-0.25, -0.2) is 8.37 Å². The van der Waals surface area contributed by atoms with Crippen LogP contribution >= 0.6 is 0 Å². The summed E-state index contributed by atoms with van der Waals surface area (Å²) in [5.74, 6) is 0. The highest BCUT2D eigenvalue weighted by atomic mass is 32.3. The molecule has 0 amide bonds. The number of unbranched alkanes of at least 4 members (excludes halogenated alkanes) is 11. The Hall–Kier alpha value is -0.390. The number of hydrogen-bond acceptors (Lipinski definition) is 4. The van der Waals surface area contributed by atoms with Crippen molar-refractivity contribution in [3.05, 3.63) is 12.7 Å². The first-order chi connectivity index (χ1) is 10.6. The van der Waals surface area contributed by atoms with Crippen LogP contribution in [0.25, 0.3) is 0 Å². The molecule has 0 saturated carbocycles. The van der Waals surface area contributed by atoms with Crippen LogP contribution in [0.1, 0.15) is 84.0 Å². The maximum Gasteiger partial charge on any atom is 0.400 e. The monoisotopic (exact) mass is 334 g/mol. The molecule has 0 aliphatic heterocycles. The van der Waals surface area contributed by atoms with E-state index < -0.39 is 10.4 Å². The summed E-state index contributed by atoms with van der Waals surface area (Å²) >= 11 is 0. The van der Waals surface area contributed by atoms with Crippen LogP contribution in [0, 0.1) is 0 Å².